The first-order valence-corrected chi connectivity index (χ1v) is 4.06. The van der Waals surface area contributed by atoms with Crippen molar-refractivity contribution in [2.75, 3.05) is 13.2 Å². The Kier molecular flexibility index (Phi) is 7.01. The molecule has 0 saturated heterocycles. The molecule has 0 saturated carbocycles. The highest BCUT2D eigenvalue weighted by Crippen LogP contribution is 2.14. The Morgan fingerprint density at radius 3 is 2.70 bits per heavy atom. The normalized spacial score (nSPS) is 11.6. The Morgan fingerprint density at radius 1 is 1.50 bits per heavy atom. The molecule has 0 bridgehead atoms. The topological polar surface area (TPSA) is 81.8 Å². The van der Waals surface area contributed by atoms with Gasteiger partial charge in [0.2, 0.25) is 0 Å². The second kappa shape index (κ2) is 7.05. The summed E-state index contributed by atoms with van der Waals surface area (Å²) in [5, 5.41) is 0. The maximum atomic E-state index is 9.81. The summed E-state index contributed by atoms with van der Waals surface area (Å²) in [7, 11) is -2.62. The molecule has 0 rings (SSSR count). The SMILES string of the molecule is NCCCCOO[P+](=O)O. The molecule has 0 aliphatic rings. The van der Waals surface area contributed by atoms with E-state index in [2.05, 4.69) is 9.56 Å². The number of hydrogen-bond donors (Lipinski definition) is 2. The highest BCUT2D eigenvalue weighted by Gasteiger charge is 2.12. The molecule has 0 fully saturated rings. The molecular formula is C4H11NO4P+. The van der Waals surface area contributed by atoms with E-state index in [0.29, 0.717) is 13.2 Å². The van der Waals surface area contributed by atoms with E-state index < -0.39 is 8.25 Å². The van der Waals surface area contributed by atoms with E-state index in [1.54, 1.807) is 0 Å². The summed E-state index contributed by atoms with van der Waals surface area (Å²) in [6, 6.07) is 0. The Bertz CT molecular complexity index is 99.3. The van der Waals surface area contributed by atoms with Crippen LogP contribution in [0.3, 0.4) is 0 Å². The largest absolute Gasteiger partial charge is 0.725 e. The van der Waals surface area contributed by atoms with Gasteiger partial charge in [0.25, 0.3) is 0 Å². The summed E-state index contributed by atoms with van der Waals surface area (Å²) < 4.78 is 13.7. The van der Waals surface area contributed by atoms with E-state index in [4.69, 9.17) is 10.6 Å². The quantitative estimate of drug-likeness (QED) is 0.258. The van der Waals surface area contributed by atoms with Crippen molar-refractivity contribution >= 4 is 8.25 Å². The van der Waals surface area contributed by atoms with E-state index in [0.717, 1.165) is 12.8 Å². The van der Waals surface area contributed by atoms with Gasteiger partial charge in [-0.3, -0.25) is 0 Å². The van der Waals surface area contributed by atoms with Crippen molar-refractivity contribution < 1.29 is 19.0 Å². The molecule has 0 aliphatic carbocycles. The van der Waals surface area contributed by atoms with Crippen molar-refractivity contribution in [2.45, 2.75) is 12.8 Å². The van der Waals surface area contributed by atoms with Crippen LogP contribution in [-0.2, 0) is 14.1 Å². The zero-order chi connectivity index (χ0) is 7.82. The van der Waals surface area contributed by atoms with Crippen LogP contribution in [0.5, 0.6) is 0 Å². The summed E-state index contributed by atoms with van der Waals surface area (Å²) in [6.45, 7) is 0.896. The molecule has 0 radical (unpaired) electrons. The standard InChI is InChI=1S/C4H10NO4P/c5-3-1-2-4-8-9-10(6)7/h1-5H2/p+1. The molecular weight excluding hydrogens is 157 g/mol. The maximum absolute atomic E-state index is 9.81. The second-order valence-corrected chi connectivity index (χ2v) is 2.25. The van der Waals surface area contributed by atoms with E-state index >= 15 is 0 Å². The van der Waals surface area contributed by atoms with Gasteiger partial charge in [0.15, 0.2) is 0 Å². The van der Waals surface area contributed by atoms with Gasteiger partial charge in [-0.1, -0.05) is 0 Å². The van der Waals surface area contributed by atoms with Crippen molar-refractivity contribution in [3.8, 4) is 0 Å². The molecule has 60 valence electrons. The van der Waals surface area contributed by atoms with Crippen molar-refractivity contribution in [3.63, 3.8) is 0 Å². The minimum Gasteiger partial charge on any atom is -0.330 e. The molecule has 1 unspecified atom stereocenters. The summed E-state index contributed by atoms with van der Waals surface area (Å²) in [6.07, 6.45) is 1.56. The average molecular weight is 168 g/mol. The Labute approximate surface area is 60.0 Å². The Hall–Kier alpha value is -0.0600. The maximum Gasteiger partial charge on any atom is 0.725 e. The number of unbranched alkanes of at least 4 members (excludes halogenated alkanes) is 1. The zero-order valence-corrected chi connectivity index (χ0v) is 6.42. The first-order valence-electron chi connectivity index (χ1n) is 2.93. The molecule has 10 heavy (non-hydrogen) atoms. The zero-order valence-electron chi connectivity index (χ0n) is 5.52. The molecule has 6 heteroatoms. The molecule has 0 aromatic carbocycles. The lowest BCUT2D eigenvalue weighted by Gasteiger charge is -1.91. The van der Waals surface area contributed by atoms with Gasteiger partial charge in [0.1, 0.15) is 0 Å². The van der Waals surface area contributed by atoms with Crippen LogP contribution >= 0.6 is 8.25 Å². The van der Waals surface area contributed by atoms with E-state index in [-0.39, 0.29) is 0 Å². The first kappa shape index (κ1) is 9.94. The Morgan fingerprint density at radius 2 is 2.20 bits per heavy atom. The van der Waals surface area contributed by atoms with Gasteiger partial charge >= 0.3 is 8.25 Å². The van der Waals surface area contributed by atoms with Gasteiger partial charge in [-0.2, -0.15) is 4.89 Å². The predicted octanol–water partition coefficient (Wildman–Crippen LogP) is 0.323. The van der Waals surface area contributed by atoms with Crippen LogP contribution in [-0.4, -0.2) is 18.0 Å². The molecule has 0 aromatic rings. The van der Waals surface area contributed by atoms with Gasteiger partial charge in [-0.25, -0.2) is 0 Å². The van der Waals surface area contributed by atoms with Crippen LogP contribution in [0.4, 0.5) is 0 Å². The van der Waals surface area contributed by atoms with Gasteiger partial charge in [-0.05, 0) is 19.4 Å². The fraction of sp³-hybridized carbons (Fsp3) is 1.00. The fourth-order valence-electron chi connectivity index (χ4n) is 0.388. The van der Waals surface area contributed by atoms with Crippen molar-refractivity contribution in [3.05, 3.63) is 0 Å². The summed E-state index contributed by atoms with van der Waals surface area (Å²) in [4.78, 5) is 12.4. The summed E-state index contributed by atoms with van der Waals surface area (Å²) >= 11 is 0. The minimum absolute atomic E-state index is 0.304. The molecule has 0 aromatic heterocycles. The van der Waals surface area contributed by atoms with E-state index in [1.165, 1.54) is 0 Å². The predicted molar refractivity (Wildman–Crippen MR) is 35.2 cm³/mol. The fourth-order valence-corrected chi connectivity index (χ4v) is 0.552. The molecule has 0 aliphatic heterocycles. The van der Waals surface area contributed by atoms with Crippen LogP contribution in [0, 0.1) is 0 Å². The van der Waals surface area contributed by atoms with E-state index in [9.17, 15) is 4.57 Å². The average Bonchev–Trinajstić information content (AvgIpc) is 1.87. The number of hydrogen-bond acceptors (Lipinski definition) is 4. The Balaban J connectivity index is 2.84. The van der Waals surface area contributed by atoms with Crippen molar-refractivity contribution in [1.29, 1.82) is 0 Å². The molecule has 3 N–H and O–H groups in total. The van der Waals surface area contributed by atoms with Crippen LogP contribution < -0.4 is 5.73 Å². The van der Waals surface area contributed by atoms with Crippen LogP contribution in [0.2, 0.25) is 0 Å². The van der Waals surface area contributed by atoms with Gasteiger partial charge in [0.05, 0.1) is 11.3 Å². The molecule has 0 spiro atoms. The third-order valence-electron chi connectivity index (χ3n) is 0.798. The lowest BCUT2D eigenvalue weighted by atomic mass is 10.3. The summed E-state index contributed by atoms with van der Waals surface area (Å²) in [5.41, 5.74) is 5.17. The van der Waals surface area contributed by atoms with Gasteiger partial charge < -0.3 is 5.73 Å². The third-order valence-corrected chi connectivity index (χ3v) is 1.03. The highest BCUT2D eigenvalue weighted by molar-refractivity contribution is 7.31. The van der Waals surface area contributed by atoms with Crippen molar-refractivity contribution in [1.82, 2.24) is 0 Å². The molecule has 0 amide bonds. The van der Waals surface area contributed by atoms with Gasteiger partial charge in [0, 0.05) is 4.57 Å². The third kappa shape index (κ3) is 7.94. The smallest absolute Gasteiger partial charge is 0.330 e. The monoisotopic (exact) mass is 168 g/mol. The molecule has 1 atom stereocenters. The molecule has 0 heterocycles. The highest BCUT2D eigenvalue weighted by atomic mass is 31.1. The van der Waals surface area contributed by atoms with Crippen LogP contribution in [0.15, 0.2) is 0 Å². The van der Waals surface area contributed by atoms with E-state index in [1.807, 2.05) is 0 Å². The lowest BCUT2D eigenvalue weighted by molar-refractivity contribution is -0.208. The van der Waals surface area contributed by atoms with Crippen LogP contribution in [0.25, 0.3) is 0 Å². The second-order valence-electron chi connectivity index (χ2n) is 1.63. The number of rotatable bonds is 6. The lowest BCUT2D eigenvalue weighted by Crippen LogP contribution is -2.00. The first-order chi connectivity index (χ1) is 4.77. The minimum atomic E-state index is -2.62. The van der Waals surface area contributed by atoms with Gasteiger partial charge in [-0.15, -0.1) is 4.89 Å². The number of nitrogens with two attached hydrogens (primary N) is 1. The van der Waals surface area contributed by atoms with Crippen LogP contribution in [0.1, 0.15) is 12.8 Å². The summed E-state index contributed by atoms with van der Waals surface area (Å²) in [5.74, 6) is 0. The molecule has 5 nitrogen and oxygen atoms in total. The van der Waals surface area contributed by atoms with Crippen molar-refractivity contribution in [2.24, 2.45) is 5.73 Å².